The van der Waals surface area contributed by atoms with Gasteiger partial charge in [-0.1, -0.05) is 32.9 Å². The third kappa shape index (κ3) is 3.39. The Labute approximate surface area is 120 Å². The largest absolute Gasteiger partial charge is 0.369 e. The minimum absolute atomic E-state index is 0.164. The van der Waals surface area contributed by atoms with Crippen LogP contribution in [0.3, 0.4) is 0 Å². The van der Waals surface area contributed by atoms with Crippen molar-refractivity contribution in [2.24, 2.45) is 11.7 Å². The Morgan fingerprint density at radius 3 is 2.70 bits per heavy atom. The molecule has 1 heterocycles. The zero-order valence-electron chi connectivity index (χ0n) is 12.4. The van der Waals surface area contributed by atoms with Crippen molar-refractivity contribution in [3.8, 4) is 0 Å². The van der Waals surface area contributed by atoms with Crippen LogP contribution in [-0.2, 0) is 17.9 Å². The van der Waals surface area contributed by atoms with E-state index in [1.165, 1.54) is 10.9 Å². The number of nitrogens with two attached hydrogens (primary N) is 1. The van der Waals surface area contributed by atoms with Crippen LogP contribution in [0.2, 0.25) is 0 Å². The highest BCUT2D eigenvalue weighted by Gasteiger charge is 2.11. The van der Waals surface area contributed by atoms with Crippen LogP contribution in [0.1, 0.15) is 26.3 Å². The van der Waals surface area contributed by atoms with Gasteiger partial charge in [0.05, 0.1) is 5.92 Å². The van der Waals surface area contributed by atoms with Crippen molar-refractivity contribution in [1.82, 2.24) is 9.88 Å². The molecule has 0 aliphatic heterocycles. The maximum Gasteiger partial charge on any atom is 0.222 e. The fraction of sp³-hybridized carbons (Fsp3) is 0.438. The first-order valence-corrected chi connectivity index (χ1v) is 7.08. The molecule has 0 saturated carbocycles. The van der Waals surface area contributed by atoms with E-state index in [2.05, 4.69) is 48.0 Å². The van der Waals surface area contributed by atoms with E-state index in [1.54, 1.807) is 0 Å². The standard InChI is InChI=1S/C16H23N3O/c1-11(2)18-9-13-4-5-14-6-7-19(15(14)8-13)10-12(3)16(17)20/h4-8,11-12,18H,9-10H2,1-3H3,(H2,17,20). The van der Waals surface area contributed by atoms with Gasteiger partial charge < -0.3 is 15.6 Å². The number of aromatic nitrogens is 1. The van der Waals surface area contributed by atoms with Gasteiger partial charge in [0.15, 0.2) is 0 Å². The number of carbonyl (C=O) groups is 1. The molecule has 3 N–H and O–H groups in total. The summed E-state index contributed by atoms with van der Waals surface area (Å²) < 4.78 is 2.10. The topological polar surface area (TPSA) is 60.1 Å². The Morgan fingerprint density at radius 2 is 2.05 bits per heavy atom. The summed E-state index contributed by atoms with van der Waals surface area (Å²) in [6.07, 6.45) is 2.02. The Morgan fingerprint density at radius 1 is 1.30 bits per heavy atom. The lowest BCUT2D eigenvalue weighted by atomic mass is 10.1. The summed E-state index contributed by atoms with van der Waals surface area (Å²) in [5.41, 5.74) is 7.75. The second kappa shape index (κ2) is 6.09. The molecule has 2 aromatic rings. The van der Waals surface area contributed by atoms with E-state index in [0.717, 1.165) is 12.1 Å². The van der Waals surface area contributed by atoms with Gasteiger partial charge in [-0.15, -0.1) is 0 Å². The summed E-state index contributed by atoms with van der Waals surface area (Å²) >= 11 is 0. The molecule has 108 valence electrons. The molecule has 2 rings (SSSR count). The molecule has 0 spiro atoms. The molecule has 20 heavy (non-hydrogen) atoms. The third-order valence-corrected chi connectivity index (χ3v) is 3.51. The van der Waals surface area contributed by atoms with Gasteiger partial charge >= 0.3 is 0 Å². The number of rotatable bonds is 6. The predicted octanol–water partition coefficient (Wildman–Crippen LogP) is 2.26. The normalized spacial score (nSPS) is 13.0. The molecule has 0 fully saturated rings. The first-order valence-electron chi connectivity index (χ1n) is 7.08. The van der Waals surface area contributed by atoms with E-state index in [4.69, 9.17) is 5.73 Å². The number of benzene rings is 1. The average molecular weight is 273 g/mol. The summed E-state index contributed by atoms with van der Waals surface area (Å²) in [4.78, 5) is 11.2. The van der Waals surface area contributed by atoms with Crippen LogP contribution in [0.15, 0.2) is 30.5 Å². The van der Waals surface area contributed by atoms with Crippen LogP contribution >= 0.6 is 0 Å². The number of nitrogens with zero attached hydrogens (tertiary/aromatic N) is 1. The molecule has 1 amide bonds. The van der Waals surface area contributed by atoms with Crippen LogP contribution in [0.25, 0.3) is 10.9 Å². The van der Waals surface area contributed by atoms with Crippen molar-refractivity contribution in [2.45, 2.75) is 39.9 Å². The molecular formula is C16H23N3O. The smallest absolute Gasteiger partial charge is 0.222 e. The number of primary amides is 1. The molecule has 0 aliphatic rings. The lowest BCUT2D eigenvalue weighted by Gasteiger charge is -2.12. The fourth-order valence-electron chi connectivity index (χ4n) is 2.21. The van der Waals surface area contributed by atoms with Crippen LogP contribution in [0.5, 0.6) is 0 Å². The summed E-state index contributed by atoms with van der Waals surface area (Å²) in [7, 11) is 0. The van der Waals surface area contributed by atoms with Crippen molar-refractivity contribution in [1.29, 1.82) is 0 Å². The zero-order valence-corrected chi connectivity index (χ0v) is 12.4. The summed E-state index contributed by atoms with van der Waals surface area (Å²) in [6.45, 7) is 7.61. The summed E-state index contributed by atoms with van der Waals surface area (Å²) in [6, 6.07) is 8.98. The molecule has 0 radical (unpaired) electrons. The Balaban J connectivity index is 2.23. The van der Waals surface area contributed by atoms with E-state index in [9.17, 15) is 4.79 Å². The molecule has 1 atom stereocenters. The molecule has 1 aromatic heterocycles. The van der Waals surface area contributed by atoms with Gasteiger partial charge in [0, 0.05) is 30.8 Å². The van der Waals surface area contributed by atoms with E-state index >= 15 is 0 Å². The van der Waals surface area contributed by atoms with Crippen LogP contribution in [0, 0.1) is 5.92 Å². The number of carbonyl (C=O) groups excluding carboxylic acids is 1. The lowest BCUT2D eigenvalue weighted by Crippen LogP contribution is -2.24. The van der Waals surface area contributed by atoms with E-state index in [1.807, 2.05) is 13.1 Å². The first kappa shape index (κ1) is 14.6. The summed E-state index contributed by atoms with van der Waals surface area (Å²) in [5.74, 6) is -0.424. The Hall–Kier alpha value is -1.81. The van der Waals surface area contributed by atoms with Gasteiger partial charge in [0.25, 0.3) is 0 Å². The maximum atomic E-state index is 11.2. The quantitative estimate of drug-likeness (QED) is 0.848. The van der Waals surface area contributed by atoms with E-state index < -0.39 is 0 Å². The number of hydrogen-bond acceptors (Lipinski definition) is 2. The minimum Gasteiger partial charge on any atom is -0.369 e. The highest BCUT2D eigenvalue weighted by atomic mass is 16.1. The molecule has 0 aliphatic carbocycles. The molecule has 1 unspecified atom stereocenters. The average Bonchev–Trinajstić information content (AvgIpc) is 2.79. The molecule has 0 saturated heterocycles. The summed E-state index contributed by atoms with van der Waals surface area (Å²) in [5, 5.41) is 4.60. The maximum absolute atomic E-state index is 11.2. The monoisotopic (exact) mass is 273 g/mol. The molecule has 4 nitrogen and oxygen atoms in total. The fourth-order valence-corrected chi connectivity index (χ4v) is 2.21. The van der Waals surface area contributed by atoms with Gasteiger partial charge in [-0.2, -0.15) is 0 Å². The predicted molar refractivity (Wildman–Crippen MR) is 82.3 cm³/mol. The Bertz CT molecular complexity index is 601. The number of amides is 1. The van der Waals surface area contributed by atoms with Crippen molar-refractivity contribution in [2.75, 3.05) is 0 Å². The number of hydrogen-bond donors (Lipinski definition) is 2. The highest BCUT2D eigenvalue weighted by Crippen LogP contribution is 2.19. The lowest BCUT2D eigenvalue weighted by molar-refractivity contribution is -0.121. The number of nitrogens with one attached hydrogen (secondary N) is 1. The van der Waals surface area contributed by atoms with Crippen molar-refractivity contribution in [3.05, 3.63) is 36.0 Å². The zero-order chi connectivity index (χ0) is 14.7. The minimum atomic E-state index is -0.260. The Kier molecular flexibility index (Phi) is 4.45. The third-order valence-electron chi connectivity index (χ3n) is 3.51. The SMILES string of the molecule is CC(C)NCc1ccc2ccn(CC(C)C(N)=O)c2c1. The van der Waals surface area contributed by atoms with Crippen LogP contribution in [-0.4, -0.2) is 16.5 Å². The van der Waals surface area contributed by atoms with Gasteiger partial charge in [0.1, 0.15) is 0 Å². The second-order valence-electron chi connectivity index (χ2n) is 5.70. The van der Waals surface area contributed by atoms with Gasteiger partial charge in [-0.3, -0.25) is 4.79 Å². The van der Waals surface area contributed by atoms with E-state index in [0.29, 0.717) is 12.6 Å². The van der Waals surface area contributed by atoms with Crippen molar-refractivity contribution >= 4 is 16.8 Å². The number of fused-ring (bicyclic) bond motifs is 1. The van der Waals surface area contributed by atoms with Crippen LogP contribution < -0.4 is 11.1 Å². The first-order chi connectivity index (χ1) is 9.47. The van der Waals surface area contributed by atoms with Crippen LogP contribution in [0.4, 0.5) is 0 Å². The molecule has 4 heteroatoms. The molecule has 0 bridgehead atoms. The van der Waals surface area contributed by atoms with Gasteiger partial charge in [-0.05, 0) is 23.1 Å². The van der Waals surface area contributed by atoms with Gasteiger partial charge in [0.2, 0.25) is 5.91 Å². The second-order valence-corrected chi connectivity index (χ2v) is 5.70. The van der Waals surface area contributed by atoms with Gasteiger partial charge in [-0.25, -0.2) is 0 Å². The molecular weight excluding hydrogens is 250 g/mol. The highest BCUT2D eigenvalue weighted by molar-refractivity contribution is 5.81. The van der Waals surface area contributed by atoms with Crippen molar-refractivity contribution in [3.63, 3.8) is 0 Å². The van der Waals surface area contributed by atoms with E-state index in [-0.39, 0.29) is 11.8 Å². The van der Waals surface area contributed by atoms with Crippen molar-refractivity contribution < 1.29 is 4.79 Å². The molecule has 1 aromatic carbocycles.